The lowest BCUT2D eigenvalue weighted by molar-refractivity contribution is -0.137. The predicted molar refractivity (Wildman–Crippen MR) is 145 cm³/mol. The molecule has 218 valence electrons. The summed E-state index contributed by atoms with van der Waals surface area (Å²) in [5.74, 6) is 0.175. The van der Waals surface area contributed by atoms with E-state index in [9.17, 15) is 18.0 Å². The van der Waals surface area contributed by atoms with Gasteiger partial charge in [-0.3, -0.25) is 14.7 Å². The second kappa shape index (κ2) is 12.5. The number of nitrogen functional groups attached to an aromatic ring is 1. The first-order valence-electron chi connectivity index (χ1n) is 13.6. The lowest BCUT2D eigenvalue weighted by Gasteiger charge is -2.26. The molecule has 1 atom stereocenters. The minimum Gasteiger partial charge on any atom is -0.383 e. The van der Waals surface area contributed by atoms with Crippen LogP contribution in [-0.2, 0) is 23.9 Å². The van der Waals surface area contributed by atoms with E-state index in [1.165, 1.54) is 12.4 Å². The molecule has 0 unspecified atom stereocenters. The highest BCUT2D eigenvalue weighted by Gasteiger charge is 2.32. The molecule has 2 aromatic heterocycles. The highest BCUT2D eigenvalue weighted by Crippen LogP contribution is 2.36. The quantitative estimate of drug-likeness (QED) is 0.260. The molecule has 2 aliphatic rings. The SMILES string of the molecule is C[C@@H](CC(=O)c1ncnc(N)c1CNCCCN1CCOCC1)c1cc(C2=Nc3ccc(C(F)(F)F)cc3C2)no1. The number of carbonyl (C=O) groups is 1. The molecule has 13 heteroatoms. The Morgan fingerprint density at radius 3 is 2.78 bits per heavy atom. The monoisotopic (exact) mass is 571 g/mol. The van der Waals surface area contributed by atoms with Crippen LogP contribution in [0.5, 0.6) is 0 Å². The lowest BCUT2D eigenvalue weighted by atomic mass is 9.97. The molecule has 5 rings (SSSR count). The number of aromatic nitrogens is 3. The molecular formula is C28H32F3N7O3. The van der Waals surface area contributed by atoms with Crippen LogP contribution in [0.4, 0.5) is 24.7 Å². The number of anilines is 1. The third-order valence-corrected chi connectivity index (χ3v) is 7.30. The number of fused-ring (bicyclic) bond motifs is 1. The molecule has 3 N–H and O–H groups in total. The summed E-state index contributed by atoms with van der Waals surface area (Å²) in [6.45, 7) is 7.32. The first-order valence-corrected chi connectivity index (χ1v) is 13.6. The number of Topliss-reactive ketones (excluding diaryl/α,β-unsaturated/α-hetero) is 1. The van der Waals surface area contributed by atoms with Gasteiger partial charge < -0.3 is 20.3 Å². The second-order valence-corrected chi connectivity index (χ2v) is 10.3. The molecule has 3 aromatic rings. The van der Waals surface area contributed by atoms with Gasteiger partial charge in [0.25, 0.3) is 0 Å². The summed E-state index contributed by atoms with van der Waals surface area (Å²) in [5.41, 5.74) is 8.11. The molecule has 0 aliphatic carbocycles. The fourth-order valence-electron chi connectivity index (χ4n) is 4.96. The van der Waals surface area contributed by atoms with Crippen LogP contribution >= 0.6 is 0 Å². The maximum absolute atomic E-state index is 13.3. The predicted octanol–water partition coefficient (Wildman–Crippen LogP) is 3.93. The number of nitrogens with two attached hydrogens (primary N) is 1. The van der Waals surface area contributed by atoms with Gasteiger partial charge in [0.1, 0.15) is 29.3 Å². The fraction of sp³-hybridized carbons (Fsp3) is 0.464. The number of morpholine rings is 1. The van der Waals surface area contributed by atoms with E-state index in [-0.39, 0.29) is 36.1 Å². The van der Waals surface area contributed by atoms with Crippen LogP contribution in [0.25, 0.3) is 0 Å². The van der Waals surface area contributed by atoms with Crippen LogP contribution in [0.3, 0.4) is 0 Å². The summed E-state index contributed by atoms with van der Waals surface area (Å²) < 4.78 is 50.1. The second-order valence-electron chi connectivity index (χ2n) is 10.3. The van der Waals surface area contributed by atoms with Crippen molar-refractivity contribution < 1.29 is 27.2 Å². The molecular weight excluding hydrogens is 539 g/mol. The van der Waals surface area contributed by atoms with Crippen molar-refractivity contribution in [2.45, 2.75) is 44.8 Å². The zero-order valence-corrected chi connectivity index (χ0v) is 22.7. The van der Waals surface area contributed by atoms with Crippen molar-refractivity contribution in [3.05, 3.63) is 64.4 Å². The molecule has 2 aliphatic heterocycles. The molecule has 1 aromatic carbocycles. The number of nitrogens with zero attached hydrogens (tertiary/aromatic N) is 5. The van der Waals surface area contributed by atoms with Gasteiger partial charge >= 0.3 is 6.18 Å². The van der Waals surface area contributed by atoms with Crippen LogP contribution in [-0.4, -0.2) is 70.9 Å². The zero-order chi connectivity index (χ0) is 29.0. The Morgan fingerprint density at radius 1 is 1.20 bits per heavy atom. The third-order valence-electron chi connectivity index (χ3n) is 7.30. The average molecular weight is 572 g/mol. The number of nitrogens with one attached hydrogen (secondary N) is 1. The summed E-state index contributed by atoms with van der Waals surface area (Å²) in [4.78, 5) is 28.3. The molecule has 0 saturated carbocycles. The van der Waals surface area contributed by atoms with E-state index < -0.39 is 11.7 Å². The standard InChI is InChI=1S/C28H32F3N7O3/c1-17(25-14-23(37-41-25)22-13-18-12-19(28(29,30)31)3-4-21(18)36-22)11-24(39)26-20(27(32)35-16-34-26)15-33-5-2-6-38-7-9-40-10-8-38/h3-4,12,14,16-17,33H,2,5-11,13,15H2,1H3,(H2,32,34,35)/t17-/m0/s1. The van der Waals surface area contributed by atoms with Crippen LogP contribution < -0.4 is 11.1 Å². The number of hydrogen-bond donors (Lipinski definition) is 2. The van der Waals surface area contributed by atoms with Crippen LogP contribution in [0.15, 0.2) is 40.1 Å². The topological polar surface area (TPSA) is 132 Å². The number of rotatable bonds is 11. The van der Waals surface area contributed by atoms with Gasteiger partial charge in [0.15, 0.2) is 5.78 Å². The van der Waals surface area contributed by atoms with Crippen LogP contribution in [0, 0.1) is 0 Å². The number of alkyl halides is 3. The number of ketones is 1. The molecule has 4 heterocycles. The minimum absolute atomic E-state index is 0.0940. The molecule has 0 spiro atoms. The van der Waals surface area contributed by atoms with Crippen LogP contribution in [0.1, 0.15) is 64.3 Å². The van der Waals surface area contributed by atoms with E-state index in [1.807, 2.05) is 6.92 Å². The molecule has 0 radical (unpaired) electrons. The number of halogens is 3. The van der Waals surface area contributed by atoms with Gasteiger partial charge in [0.05, 0.1) is 30.2 Å². The minimum atomic E-state index is -4.42. The van der Waals surface area contributed by atoms with Gasteiger partial charge in [0.2, 0.25) is 0 Å². The Bertz CT molecular complexity index is 1420. The molecule has 10 nitrogen and oxygen atoms in total. The Kier molecular flexibility index (Phi) is 8.76. The maximum atomic E-state index is 13.3. The summed E-state index contributed by atoms with van der Waals surface area (Å²) >= 11 is 0. The number of ether oxygens (including phenoxy) is 1. The summed E-state index contributed by atoms with van der Waals surface area (Å²) in [5, 5.41) is 7.41. The molecule has 41 heavy (non-hydrogen) atoms. The van der Waals surface area contributed by atoms with Crippen molar-refractivity contribution >= 4 is 23.0 Å². The van der Waals surface area contributed by atoms with E-state index >= 15 is 0 Å². The number of carbonyl (C=O) groups excluding carboxylic acids is 1. The van der Waals surface area contributed by atoms with E-state index in [0.29, 0.717) is 40.5 Å². The molecule has 0 amide bonds. The van der Waals surface area contributed by atoms with E-state index in [4.69, 9.17) is 15.0 Å². The number of hydrogen-bond acceptors (Lipinski definition) is 10. The van der Waals surface area contributed by atoms with Crippen molar-refractivity contribution in [2.24, 2.45) is 4.99 Å². The Morgan fingerprint density at radius 2 is 2.00 bits per heavy atom. The summed E-state index contributed by atoms with van der Waals surface area (Å²) in [6, 6.07) is 5.16. The van der Waals surface area contributed by atoms with Crippen molar-refractivity contribution in [3.8, 4) is 0 Å². The first-order chi connectivity index (χ1) is 19.7. The molecule has 1 fully saturated rings. The Labute approximate surface area is 235 Å². The van der Waals surface area contributed by atoms with Crippen molar-refractivity contribution in [2.75, 3.05) is 45.1 Å². The van der Waals surface area contributed by atoms with Crippen molar-refractivity contribution in [1.82, 2.24) is 25.3 Å². The highest BCUT2D eigenvalue weighted by atomic mass is 19.4. The Hall–Kier alpha value is -3.68. The van der Waals surface area contributed by atoms with Gasteiger partial charge in [0, 0.05) is 50.0 Å². The van der Waals surface area contributed by atoms with E-state index in [1.54, 1.807) is 6.07 Å². The smallest absolute Gasteiger partial charge is 0.383 e. The zero-order valence-electron chi connectivity index (χ0n) is 22.7. The summed E-state index contributed by atoms with van der Waals surface area (Å²) in [6.07, 6.45) is -1.89. The number of benzene rings is 1. The Balaban J connectivity index is 1.17. The van der Waals surface area contributed by atoms with Crippen molar-refractivity contribution in [3.63, 3.8) is 0 Å². The van der Waals surface area contributed by atoms with Gasteiger partial charge in [-0.1, -0.05) is 12.1 Å². The average Bonchev–Trinajstić information content (AvgIpc) is 3.61. The number of aliphatic imine (C=N–C) groups is 1. The lowest BCUT2D eigenvalue weighted by Crippen LogP contribution is -2.37. The van der Waals surface area contributed by atoms with E-state index in [2.05, 4.69) is 30.3 Å². The fourth-order valence-corrected chi connectivity index (χ4v) is 4.96. The van der Waals surface area contributed by atoms with Gasteiger partial charge in [-0.25, -0.2) is 9.97 Å². The van der Waals surface area contributed by atoms with E-state index in [0.717, 1.165) is 57.9 Å². The van der Waals surface area contributed by atoms with Crippen molar-refractivity contribution in [1.29, 1.82) is 0 Å². The summed E-state index contributed by atoms with van der Waals surface area (Å²) in [7, 11) is 0. The van der Waals surface area contributed by atoms with Gasteiger partial charge in [-0.05, 0) is 43.3 Å². The largest absolute Gasteiger partial charge is 0.416 e. The third kappa shape index (κ3) is 6.97. The maximum Gasteiger partial charge on any atom is 0.416 e. The van der Waals surface area contributed by atoms with Gasteiger partial charge in [-0.15, -0.1) is 0 Å². The molecule has 0 bridgehead atoms. The van der Waals surface area contributed by atoms with Crippen LogP contribution in [0.2, 0.25) is 0 Å². The normalized spacial score (nSPS) is 16.4. The first kappa shape index (κ1) is 28.8. The molecule has 1 saturated heterocycles. The van der Waals surface area contributed by atoms with Gasteiger partial charge in [-0.2, -0.15) is 13.2 Å². The highest BCUT2D eigenvalue weighted by molar-refractivity contribution is 6.05.